The summed E-state index contributed by atoms with van der Waals surface area (Å²) in [7, 11) is -1.57. The van der Waals surface area contributed by atoms with Crippen molar-refractivity contribution < 1.29 is 8.42 Å². The lowest BCUT2D eigenvalue weighted by molar-refractivity contribution is 0.387. The zero-order chi connectivity index (χ0) is 14.2. The van der Waals surface area contributed by atoms with Gasteiger partial charge in [0.05, 0.1) is 0 Å². The summed E-state index contributed by atoms with van der Waals surface area (Å²) in [6.45, 7) is 1.37. The molecule has 3 rings (SSSR count). The van der Waals surface area contributed by atoms with E-state index in [9.17, 15) is 8.42 Å². The molecule has 1 aromatic rings. The second kappa shape index (κ2) is 5.42. The van der Waals surface area contributed by atoms with Crippen LogP contribution in [0.2, 0.25) is 0 Å². The molecular formula is C14H21N3O2S. The molecule has 0 aliphatic heterocycles. The Morgan fingerprint density at radius 2 is 2.05 bits per heavy atom. The Bertz CT molecular complexity index is 563. The van der Waals surface area contributed by atoms with Crippen molar-refractivity contribution in [1.82, 2.24) is 14.6 Å². The molecule has 110 valence electrons. The first-order valence-electron chi connectivity index (χ1n) is 7.22. The first-order valence-corrected chi connectivity index (χ1v) is 8.66. The smallest absolute Gasteiger partial charge is 0.260 e. The van der Waals surface area contributed by atoms with E-state index >= 15 is 0 Å². The summed E-state index contributed by atoms with van der Waals surface area (Å²) in [6, 6.07) is 3.67. The van der Waals surface area contributed by atoms with Gasteiger partial charge in [-0.15, -0.1) is 0 Å². The molecule has 0 radical (unpaired) electrons. The van der Waals surface area contributed by atoms with Crippen LogP contribution in [-0.4, -0.2) is 37.3 Å². The topological polar surface area (TPSA) is 62.3 Å². The van der Waals surface area contributed by atoms with Gasteiger partial charge in [0.1, 0.15) is 0 Å². The van der Waals surface area contributed by atoms with Gasteiger partial charge in [0, 0.05) is 25.3 Å². The summed E-state index contributed by atoms with van der Waals surface area (Å²) in [4.78, 5) is 4.16. The van der Waals surface area contributed by atoms with Crippen LogP contribution >= 0.6 is 0 Å². The van der Waals surface area contributed by atoms with Crippen LogP contribution in [-0.2, 0) is 16.6 Å². The summed E-state index contributed by atoms with van der Waals surface area (Å²) >= 11 is 0. The van der Waals surface area contributed by atoms with Gasteiger partial charge in [-0.1, -0.05) is 6.07 Å². The predicted octanol–water partition coefficient (Wildman–Crippen LogP) is 1.36. The maximum absolute atomic E-state index is 12.7. The second-order valence-electron chi connectivity index (χ2n) is 5.78. The predicted molar refractivity (Wildman–Crippen MR) is 76.6 cm³/mol. The molecule has 0 amide bonds. The van der Waals surface area contributed by atoms with E-state index in [1.54, 1.807) is 16.6 Å². The van der Waals surface area contributed by atoms with Gasteiger partial charge >= 0.3 is 0 Å². The third kappa shape index (κ3) is 3.02. The number of aromatic nitrogens is 1. The lowest BCUT2D eigenvalue weighted by Crippen LogP contribution is -2.35. The molecule has 6 heteroatoms. The van der Waals surface area contributed by atoms with Crippen molar-refractivity contribution in [1.29, 1.82) is 0 Å². The number of nitrogens with one attached hydrogen (secondary N) is 1. The first-order chi connectivity index (χ1) is 9.61. The van der Waals surface area contributed by atoms with Crippen molar-refractivity contribution in [2.24, 2.45) is 5.92 Å². The summed E-state index contributed by atoms with van der Waals surface area (Å²) in [5, 5.41) is 3.21. The van der Waals surface area contributed by atoms with Gasteiger partial charge < -0.3 is 5.32 Å². The van der Waals surface area contributed by atoms with Gasteiger partial charge in [0.2, 0.25) is 0 Å². The highest BCUT2D eigenvalue weighted by atomic mass is 32.2. The normalized spacial score (nSPS) is 19.5. The first kappa shape index (κ1) is 14.0. The third-order valence-electron chi connectivity index (χ3n) is 3.84. The molecule has 20 heavy (non-hydrogen) atoms. The quantitative estimate of drug-likeness (QED) is 0.825. The Balaban J connectivity index is 1.81. The Labute approximate surface area is 120 Å². The van der Waals surface area contributed by atoms with Crippen LogP contribution in [0.4, 0.5) is 0 Å². The Morgan fingerprint density at radius 1 is 1.30 bits per heavy atom. The fourth-order valence-corrected chi connectivity index (χ4v) is 4.03. The Kier molecular flexibility index (Phi) is 3.79. The summed E-state index contributed by atoms with van der Waals surface area (Å²) in [5.41, 5.74) is 0.992. The van der Waals surface area contributed by atoms with Crippen LogP contribution in [0.3, 0.4) is 0 Å². The van der Waals surface area contributed by atoms with E-state index in [0.29, 0.717) is 19.0 Å². The SMILES string of the molecule is CNCc1ccc(S(=O)(=O)N(CC2CC2)C2CC2)nc1. The van der Waals surface area contributed by atoms with Gasteiger partial charge in [0.25, 0.3) is 10.0 Å². The van der Waals surface area contributed by atoms with Crippen LogP contribution in [0, 0.1) is 5.92 Å². The minimum atomic E-state index is -3.42. The van der Waals surface area contributed by atoms with Crippen molar-refractivity contribution in [3.05, 3.63) is 23.9 Å². The van der Waals surface area contributed by atoms with Crippen LogP contribution < -0.4 is 5.32 Å². The van der Waals surface area contributed by atoms with Crippen LogP contribution in [0.5, 0.6) is 0 Å². The van der Waals surface area contributed by atoms with Gasteiger partial charge in [-0.3, -0.25) is 0 Å². The maximum atomic E-state index is 12.7. The molecular weight excluding hydrogens is 274 g/mol. The number of pyridine rings is 1. The summed E-state index contributed by atoms with van der Waals surface area (Å²) in [6.07, 6.45) is 5.94. The van der Waals surface area contributed by atoms with E-state index in [1.165, 1.54) is 0 Å². The molecule has 0 bridgehead atoms. The fourth-order valence-electron chi connectivity index (χ4n) is 2.35. The second-order valence-corrected chi connectivity index (χ2v) is 7.62. The zero-order valence-electron chi connectivity index (χ0n) is 11.7. The van der Waals surface area contributed by atoms with E-state index in [0.717, 1.165) is 31.2 Å². The van der Waals surface area contributed by atoms with Gasteiger partial charge in [-0.25, -0.2) is 13.4 Å². The number of sulfonamides is 1. The maximum Gasteiger partial charge on any atom is 0.260 e. The standard InChI is InChI=1S/C14H21N3O2S/c1-15-8-12-4-7-14(16-9-12)20(18,19)17(13-5-6-13)10-11-2-3-11/h4,7,9,11,13,15H,2-3,5-6,8,10H2,1H3. The molecule has 2 fully saturated rings. The lowest BCUT2D eigenvalue weighted by Gasteiger charge is -2.21. The number of rotatable bonds is 7. The number of hydrogen-bond acceptors (Lipinski definition) is 4. The average Bonchev–Trinajstić information content (AvgIpc) is 3.29. The molecule has 0 aromatic carbocycles. The van der Waals surface area contributed by atoms with Crippen LogP contribution in [0.15, 0.2) is 23.4 Å². The molecule has 2 saturated carbocycles. The van der Waals surface area contributed by atoms with Crippen LogP contribution in [0.1, 0.15) is 31.2 Å². The Morgan fingerprint density at radius 3 is 2.55 bits per heavy atom. The molecule has 1 heterocycles. The number of hydrogen-bond donors (Lipinski definition) is 1. The van der Waals surface area contributed by atoms with E-state index in [2.05, 4.69) is 10.3 Å². The van der Waals surface area contributed by atoms with Crippen molar-refractivity contribution in [2.75, 3.05) is 13.6 Å². The van der Waals surface area contributed by atoms with Crippen molar-refractivity contribution in [3.63, 3.8) is 0 Å². The number of nitrogens with zero attached hydrogens (tertiary/aromatic N) is 2. The molecule has 0 saturated heterocycles. The highest BCUT2D eigenvalue weighted by Crippen LogP contribution is 2.37. The zero-order valence-corrected chi connectivity index (χ0v) is 12.6. The van der Waals surface area contributed by atoms with E-state index in [-0.39, 0.29) is 11.1 Å². The van der Waals surface area contributed by atoms with Crippen molar-refractivity contribution in [3.8, 4) is 0 Å². The summed E-state index contributed by atoms with van der Waals surface area (Å²) in [5.74, 6) is 0.564. The molecule has 2 aliphatic rings. The van der Waals surface area contributed by atoms with Gasteiger partial charge in [0.15, 0.2) is 5.03 Å². The minimum Gasteiger partial charge on any atom is -0.316 e. The van der Waals surface area contributed by atoms with Gasteiger partial charge in [-0.2, -0.15) is 4.31 Å². The highest BCUT2D eigenvalue weighted by Gasteiger charge is 2.41. The molecule has 2 aliphatic carbocycles. The van der Waals surface area contributed by atoms with Crippen molar-refractivity contribution in [2.45, 2.75) is 43.3 Å². The van der Waals surface area contributed by atoms with Crippen LogP contribution in [0.25, 0.3) is 0 Å². The van der Waals surface area contributed by atoms with Crippen molar-refractivity contribution >= 4 is 10.0 Å². The van der Waals surface area contributed by atoms with Gasteiger partial charge in [-0.05, 0) is 50.3 Å². The lowest BCUT2D eigenvalue weighted by atomic mass is 10.3. The molecule has 0 spiro atoms. The molecule has 5 nitrogen and oxygen atoms in total. The minimum absolute atomic E-state index is 0.185. The van der Waals surface area contributed by atoms with E-state index < -0.39 is 10.0 Å². The molecule has 1 aromatic heterocycles. The monoisotopic (exact) mass is 295 g/mol. The fraction of sp³-hybridized carbons (Fsp3) is 0.643. The largest absolute Gasteiger partial charge is 0.316 e. The molecule has 0 atom stereocenters. The third-order valence-corrected chi connectivity index (χ3v) is 5.68. The van der Waals surface area contributed by atoms with E-state index in [4.69, 9.17) is 0 Å². The Hall–Kier alpha value is -0.980. The summed E-state index contributed by atoms with van der Waals surface area (Å²) < 4.78 is 27.1. The van der Waals surface area contributed by atoms with E-state index in [1.807, 2.05) is 13.1 Å². The highest BCUT2D eigenvalue weighted by molar-refractivity contribution is 7.89. The molecule has 1 N–H and O–H groups in total. The molecule has 0 unspecified atom stereocenters. The average molecular weight is 295 g/mol.